The molecule has 0 atom stereocenters. The summed E-state index contributed by atoms with van der Waals surface area (Å²) in [7, 11) is 0. The average molecular weight is 898 g/mol. The van der Waals surface area contributed by atoms with Gasteiger partial charge < -0.3 is 14.4 Å². The van der Waals surface area contributed by atoms with Gasteiger partial charge in [0.05, 0.1) is 15.3 Å². The van der Waals surface area contributed by atoms with Crippen LogP contribution in [0.2, 0.25) is 0 Å². The first-order chi connectivity index (χ1) is 27.2. The summed E-state index contributed by atoms with van der Waals surface area (Å²) >= 11 is 1.63. The molecule has 0 fully saturated rings. The van der Waals surface area contributed by atoms with Gasteiger partial charge in [0.1, 0.15) is 11.1 Å². The van der Waals surface area contributed by atoms with Crippen molar-refractivity contribution in [2.24, 2.45) is 5.41 Å². The minimum atomic E-state index is -2.61. The molecule has 4 aromatic carbocycles. The van der Waals surface area contributed by atoms with E-state index in [9.17, 15) is 0 Å². The Labute approximate surface area is 339 Å². The van der Waals surface area contributed by atoms with Crippen LogP contribution in [-0.2, 0) is 31.9 Å². The summed E-state index contributed by atoms with van der Waals surface area (Å²) in [6.45, 7) is 10.0. The second-order valence-electron chi connectivity index (χ2n) is 15.5. The van der Waals surface area contributed by atoms with Crippen molar-refractivity contribution in [2.75, 3.05) is 0 Å². The molecule has 53 heavy (non-hydrogen) atoms. The molecular formula is C47H45IrN3OS-2. The van der Waals surface area contributed by atoms with Gasteiger partial charge in [0.2, 0.25) is 0 Å². The van der Waals surface area contributed by atoms with E-state index in [-0.39, 0.29) is 42.3 Å². The van der Waals surface area contributed by atoms with Crippen LogP contribution in [-0.4, -0.2) is 15.0 Å². The Morgan fingerprint density at radius 3 is 2.25 bits per heavy atom. The Morgan fingerprint density at radius 2 is 1.55 bits per heavy atom. The summed E-state index contributed by atoms with van der Waals surface area (Å²) in [5, 5.41) is 2.72. The predicted molar refractivity (Wildman–Crippen MR) is 219 cm³/mol. The Kier molecular flexibility index (Phi) is 8.81. The van der Waals surface area contributed by atoms with Crippen molar-refractivity contribution in [3.8, 4) is 33.6 Å². The number of nitrogens with zero attached hydrogens (tertiary/aromatic N) is 3. The van der Waals surface area contributed by atoms with Crippen LogP contribution >= 0.6 is 11.3 Å². The number of benzene rings is 4. The molecule has 1 radical (unpaired) electrons. The third-order valence-electron chi connectivity index (χ3n) is 8.79. The van der Waals surface area contributed by atoms with Crippen LogP contribution in [0.3, 0.4) is 0 Å². The maximum atomic E-state index is 7.86. The molecule has 0 aliphatic rings. The summed E-state index contributed by atoms with van der Waals surface area (Å²) in [5.74, 6) is 0. The summed E-state index contributed by atoms with van der Waals surface area (Å²) in [4.78, 5) is 13.7. The molecule has 8 rings (SSSR count). The smallest absolute Gasteiger partial charge is 0.148 e. The number of thiazole rings is 1. The van der Waals surface area contributed by atoms with Crippen molar-refractivity contribution >= 4 is 43.5 Å². The standard InChI is InChI=1S/C24H21N2OS.C23H24N.Ir/c1-13-11-18(25-12-14(13)2)17-8-6-7-15-16-9-10-19-20(22(16)27-21(15)17)26-23(28-19)24(3,4)5;1-17-5-9-20(10-6-17)22-15-21(13-14-24-22)19-11-7-18(8-12-19)16-23(2,3)4;/h6-7,9-12H,1-5H3;5-9,11-15H,16H2,1-4H3;/q2*-1;/i1D3,2D3;;. The monoisotopic (exact) mass is 898 g/mol. The first kappa shape index (κ1) is 30.9. The topological polar surface area (TPSA) is 51.8 Å². The molecule has 8 aromatic rings. The molecule has 0 unspecified atom stereocenters. The molecule has 6 heteroatoms. The van der Waals surface area contributed by atoms with Gasteiger partial charge in [0, 0.05) is 51.5 Å². The fourth-order valence-corrected chi connectivity index (χ4v) is 7.16. The molecule has 0 amide bonds. The largest absolute Gasteiger partial charge is 0.498 e. The molecule has 271 valence electrons. The maximum absolute atomic E-state index is 7.86. The summed E-state index contributed by atoms with van der Waals surface area (Å²) in [6.07, 6.45) is 4.09. The predicted octanol–water partition coefficient (Wildman–Crippen LogP) is 13.1. The third kappa shape index (κ3) is 8.36. The van der Waals surface area contributed by atoms with Gasteiger partial charge in [-0.3, -0.25) is 0 Å². The summed E-state index contributed by atoms with van der Waals surface area (Å²) < 4.78 is 54.0. The number of hydrogen-bond donors (Lipinski definition) is 0. The molecular weight excluding hydrogens is 847 g/mol. The van der Waals surface area contributed by atoms with Crippen LogP contribution in [0, 0.1) is 38.2 Å². The number of pyridine rings is 2. The van der Waals surface area contributed by atoms with Gasteiger partial charge in [0.25, 0.3) is 0 Å². The number of furan rings is 1. The van der Waals surface area contributed by atoms with Gasteiger partial charge in [-0.15, -0.1) is 64.9 Å². The van der Waals surface area contributed by atoms with Crippen LogP contribution in [0.5, 0.6) is 0 Å². The summed E-state index contributed by atoms with van der Waals surface area (Å²) in [6, 6.07) is 34.6. The van der Waals surface area contributed by atoms with E-state index in [4.69, 9.17) is 17.6 Å². The van der Waals surface area contributed by atoms with Gasteiger partial charge in [-0.05, 0) is 71.3 Å². The normalized spacial score (nSPS) is 13.9. The van der Waals surface area contributed by atoms with Gasteiger partial charge in [-0.1, -0.05) is 107 Å². The Morgan fingerprint density at radius 1 is 0.774 bits per heavy atom. The first-order valence-electron chi connectivity index (χ1n) is 20.4. The zero-order valence-electron chi connectivity index (χ0n) is 36.9. The zero-order valence-corrected chi connectivity index (χ0v) is 34.1. The zero-order chi connectivity index (χ0) is 41.8. The Balaban J connectivity index is 0.000000207. The second-order valence-corrected chi connectivity index (χ2v) is 16.5. The minimum Gasteiger partial charge on any atom is -0.498 e. The fraction of sp³-hybridized carbons (Fsp3) is 0.255. The molecule has 4 heterocycles. The van der Waals surface area contributed by atoms with Crippen molar-refractivity contribution in [3.05, 3.63) is 137 Å². The first-order valence-corrected chi connectivity index (χ1v) is 18.2. The van der Waals surface area contributed by atoms with E-state index in [2.05, 4.69) is 119 Å². The number of hydrogen-bond acceptors (Lipinski definition) is 5. The van der Waals surface area contributed by atoms with E-state index in [1.54, 1.807) is 17.4 Å². The molecule has 0 N–H and O–H groups in total. The van der Waals surface area contributed by atoms with Gasteiger partial charge in [0.15, 0.2) is 0 Å². The maximum Gasteiger partial charge on any atom is 0.148 e. The molecule has 0 spiro atoms. The Hall–Kier alpha value is -4.48. The van der Waals surface area contributed by atoms with Crippen LogP contribution in [0.15, 0.2) is 102 Å². The SMILES string of the molecule is Cc1c[c-]c(-c2cc(-c3ccc(CC(C)(C)C)cc3)ccn2)cc1.[2H]C([2H])([2H])c1cnc(-c2[c-]ccc3c2oc2c3ccc3sc(C(C)(C)C)nc32)cc1C([2H])([2H])[2H].[Ir]. The molecule has 0 bridgehead atoms. The van der Waals surface area contributed by atoms with Gasteiger partial charge in [-0.2, -0.15) is 0 Å². The molecule has 0 saturated heterocycles. The minimum absolute atomic E-state index is 0. The van der Waals surface area contributed by atoms with E-state index < -0.39 is 13.7 Å². The average Bonchev–Trinajstić information content (AvgIpc) is 3.77. The van der Waals surface area contributed by atoms with E-state index >= 15 is 0 Å². The van der Waals surface area contributed by atoms with Gasteiger partial charge >= 0.3 is 0 Å². The third-order valence-corrected chi connectivity index (χ3v) is 10.2. The van der Waals surface area contributed by atoms with Crippen LogP contribution < -0.4 is 0 Å². The Bertz CT molecular complexity index is 2760. The van der Waals surface area contributed by atoms with E-state index in [1.165, 1.54) is 28.3 Å². The number of aromatic nitrogens is 3. The number of rotatable bonds is 4. The van der Waals surface area contributed by atoms with Crippen molar-refractivity contribution in [3.63, 3.8) is 0 Å². The van der Waals surface area contributed by atoms with Crippen LogP contribution in [0.4, 0.5) is 0 Å². The molecule has 0 aliphatic carbocycles. The number of fused-ring (bicyclic) bond motifs is 5. The van der Waals surface area contributed by atoms with Crippen molar-refractivity contribution in [1.29, 1.82) is 0 Å². The number of aryl methyl sites for hydroxylation is 3. The van der Waals surface area contributed by atoms with Crippen molar-refractivity contribution in [1.82, 2.24) is 15.0 Å². The summed E-state index contributed by atoms with van der Waals surface area (Å²) in [5.41, 5.74) is 9.37. The van der Waals surface area contributed by atoms with Crippen LogP contribution in [0.1, 0.15) is 77.0 Å². The van der Waals surface area contributed by atoms with Crippen molar-refractivity contribution < 1.29 is 32.7 Å². The molecule has 0 aliphatic heterocycles. The quantitative estimate of drug-likeness (QED) is 0.165. The van der Waals surface area contributed by atoms with Crippen molar-refractivity contribution in [2.45, 2.75) is 74.0 Å². The fourth-order valence-electron chi connectivity index (χ4n) is 6.14. The second kappa shape index (κ2) is 15.1. The molecule has 4 nitrogen and oxygen atoms in total. The van der Waals surface area contributed by atoms with E-state index in [1.807, 2.05) is 30.5 Å². The molecule has 0 saturated carbocycles. The van der Waals surface area contributed by atoms with E-state index in [0.29, 0.717) is 22.1 Å². The molecule has 4 aromatic heterocycles. The van der Waals surface area contributed by atoms with E-state index in [0.717, 1.165) is 49.9 Å². The van der Waals surface area contributed by atoms with Crippen LogP contribution in [0.25, 0.3) is 65.8 Å². The van der Waals surface area contributed by atoms with Gasteiger partial charge in [-0.25, -0.2) is 4.98 Å².